The molecule has 0 aliphatic rings. The predicted molar refractivity (Wildman–Crippen MR) is 109 cm³/mol. The quantitative estimate of drug-likeness (QED) is 0.403. The first kappa shape index (κ1) is 20.6. The second-order valence-electron chi connectivity index (χ2n) is 6.08. The molecular formula is C21H29N3O3. The zero-order valence-corrected chi connectivity index (χ0v) is 16.5. The van der Waals surface area contributed by atoms with E-state index < -0.39 is 0 Å². The lowest BCUT2D eigenvalue weighted by atomic mass is 10.1. The number of methoxy groups -OCH3 is 2. The monoisotopic (exact) mass is 371 g/mol. The van der Waals surface area contributed by atoms with E-state index in [4.69, 9.17) is 14.2 Å². The van der Waals surface area contributed by atoms with E-state index in [0.29, 0.717) is 26.3 Å². The van der Waals surface area contributed by atoms with Gasteiger partial charge in [0.1, 0.15) is 18.1 Å². The van der Waals surface area contributed by atoms with Crippen LogP contribution >= 0.6 is 0 Å². The van der Waals surface area contributed by atoms with Crippen LogP contribution < -0.4 is 20.1 Å². The topological polar surface area (TPSA) is 64.1 Å². The molecule has 0 bridgehead atoms. The Balaban J connectivity index is 1.83. The number of ether oxygens (including phenoxy) is 3. The summed E-state index contributed by atoms with van der Waals surface area (Å²) in [6.07, 6.45) is 0. The van der Waals surface area contributed by atoms with Gasteiger partial charge in [0, 0.05) is 32.8 Å². The molecule has 0 aromatic heterocycles. The van der Waals surface area contributed by atoms with Gasteiger partial charge in [-0.1, -0.05) is 24.3 Å². The summed E-state index contributed by atoms with van der Waals surface area (Å²) < 4.78 is 16.0. The molecule has 2 N–H and O–H groups in total. The number of nitrogens with zero attached hydrogens (tertiary/aromatic N) is 1. The van der Waals surface area contributed by atoms with Crippen LogP contribution in [0, 0.1) is 6.92 Å². The van der Waals surface area contributed by atoms with Crippen molar-refractivity contribution < 1.29 is 14.2 Å². The number of guanidine groups is 1. The maximum Gasteiger partial charge on any atom is 0.191 e. The molecule has 0 atom stereocenters. The van der Waals surface area contributed by atoms with Crippen LogP contribution in [0.3, 0.4) is 0 Å². The second-order valence-corrected chi connectivity index (χ2v) is 6.08. The molecule has 0 amide bonds. The zero-order chi connectivity index (χ0) is 19.5. The van der Waals surface area contributed by atoms with Gasteiger partial charge in [0.25, 0.3) is 0 Å². The largest absolute Gasteiger partial charge is 0.496 e. The summed E-state index contributed by atoms with van der Waals surface area (Å²) in [7, 11) is 5.11. The SMILES string of the molecule is CN=C(NCc1ccc(OCCOC)cc1)NCc1ccc(C)cc1OC. The van der Waals surface area contributed by atoms with Crippen LogP contribution in [0.5, 0.6) is 11.5 Å². The van der Waals surface area contributed by atoms with Gasteiger partial charge in [0.2, 0.25) is 0 Å². The number of rotatable bonds is 9. The fourth-order valence-corrected chi connectivity index (χ4v) is 2.53. The van der Waals surface area contributed by atoms with Crippen LogP contribution in [0.1, 0.15) is 16.7 Å². The minimum Gasteiger partial charge on any atom is -0.496 e. The van der Waals surface area contributed by atoms with E-state index >= 15 is 0 Å². The first-order valence-electron chi connectivity index (χ1n) is 8.95. The van der Waals surface area contributed by atoms with Crippen LogP contribution in [-0.4, -0.2) is 40.4 Å². The average Bonchev–Trinajstić information content (AvgIpc) is 2.70. The molecule has 0 unspecified atom stereocenters. The Morgan fingerprint density at radius 3 is 2.37 bits per heavy atom. The van der Waals surface area contributed by atoms with Crippen molar-refractivity contribution in [3.8, 4) is 11.5 Å². The van der Waals surface area contributed by atoms with E-state index in [1.54, 1.807) is 21.3 Å². The van der Waals surface area contributed by atoms with E-state index in [0.717, 1.165) is 28.6 Å². The first-order valence-corrected chi connectivity index (χ1v) is 8.95. The van der Waals surface area contributed by atoms with Gasteiger partial charge >= 0.3 is 0 Å². The van der Waals surface area contributed by atoms with Gasteiger partial charge in [-0.25, -0.2) is 0 Å². The molecule has 2 aromatic rings. The maximum atomic E-state index is 5.57. The van der Waals surface area contributed by atoms with Crippen molar-refractivity contribution in [3.05, 3.63) is 59.2 Å². The number of nitrogens with one attached hydrogen (secondary N) is 2. The van der Waals surface area contributed by atoms with Gasteiger partial charge in [-0.05, 0) is 36.2 Å². The fourth-order valence-electron chi connectivity index (χ4n) is 2.53. The highest BCUT2D eigenvalue weighted by Crippen LogP contribution is 2.19. The molecule has 27 heavy (non-hydrogen) atoms. The number of aryl methyl sites for hydroxylation is 1. The lowest BCUT2D eigenvalue weighted by molar-refractivity contribution is 0.146. The van der Waals surface area contributed by atoms with Crippen molar-refractivity contribution in [2.24, 2.45) is 4.99 Å². The number of benzene rings is 2. The number of hydrogen-bond donors (Lipinski definition) is 2. The third kappa shape index (κ3) is 6.83. The standard InChI is InChI=1S/C21H29N3O3/c1-16-5-8-18(20(13-16)26-4)15-24-21(22-2)23-14-17-6-9-19(10-7-17)27-12-11-25-3/h5-10,13H,11-12,14-15H2,1-4H3,(H2,22,23,24). The van der Waals surface area contributed by atoms with Crippen LogP contribution in [0.25, 0.3) is 0 Å². The predicted octanol–water partition coefficient (Wildman–Crippen LogP) is 2.89. The third-order valence-electron chi connectivity index (χ3n) is 4.05. The summed E-state index contributed by atoms with van der Waals surface area (Å²) in [5.41, 5.74) is 3.40. The molecule has 2 rings (SSSR count). The summed E-state index contributed by atoms with van der Waals surface area (Å²) in [5.74, 6) is 2.45. The van der Waals surface area contributed by atoms with E-state index in [-0.39, 0.29) is 0 Å². The third-order valence-corrected chi connectivity index (χ3v) is 4.05. The lowest BCUT2D eigenvalue weighted by Gasteiger charge is -2.14. The lowest BCUT2D eigenvalue weighted by Crippen LogP contribution is -2.36. The second kappa shape index (κ2) is 11.1. The van der Waals surface area contributed by atoms with Crippen LogP contribution in [0.15, 0.2) is 47.5 Å². The van der Waals surface area contributed by atoms with Crippen LogP contribution in [-0.2, 0) is 17.8 Å². The van der Waals surface area contributed by atoms with E-state index in [9.17, 15) is 0 Å². The Hall–Kier alpha value is -2.73. The van der Waals surface area contributed by atoms with Gasteiger partial charge in [-0.3, -0.25) is 4.99 Å². The molecule has 2 aromatic carbocycles. The van der Waals surface area contributed by atoms with Crippen molar-refractivity contribution in [2.75, 3.05) is 34.5 Å². The van der Waals surface area contributed by atoms with Crippen molar-refractivity contribution in [3.63, 3.8) is 0 Å². The number of aliphatic imine (C=N–C) groups is 1. The molecule has 0 aliphatic heterocycles. The Bertz CT molecular complexity index is 730. The Labute approximate surface area is 161 Å². The summed E-state index contributed by atoms with van der Waals surface area (Å²) in [6.45, 7) is 4.48. The molecule has 0 spiro atoms. The number of hydrogen-bond acceptors (Lipinski definition) is 4. The van der Waals surface area contributed by atoms with E-state index in [2.05, 4.69) is 27.8 Å². The molecule has 0 aliphatic carbocycles. The van der Waals surface area contributed by atoms with Crippen molar-refractivity contribution in [2.45, 2.75) is 20.0 Å². The minimum atomic E-state index is 0.549. The highest BCUT2D eigenvalue weighted by molar-refractivity contribution is 5.79. The smallest absolute Gasteiger partial charge is 0.191 e. The van der Waals surface area contributed by atoms with Crippen LogP contribution in [0.4, 0.5) is 0 Å². The van der Waals surface area contributed by atoms with Gasteiger partial charge in [-0.2, -0.15) is 0 Å². The average molecular weight is 371 g/mol. The Kier molecular flexibility index (Phi) is 8.45. The van der Waals surface area contributed by atoms with E-state index in [1.807, 2.05) is 37.3 Å². The zero-order valence-electron chi connectivity index (χ0n) is 16.5. The molecule has 0 heterocycles. The molecule has 0 saturated carbocycles. The maximum absolute atomic E-state index is 5.57. The molecular weight excluding hydrogens is 342 g/mol. The molecule has 6 heteroatoms. The van der Waals surface area contributed by atoms with Gasteiger partial charge in [0.15, 0.2) is 5.96 Å². The molecule has 146 valence electrons. The van der Waals surface area contributed by atoms with Crippen molar-refractivity contribution >= 4 is 5.96 Å². The van der Waals surface area contributed by atoms with Crippen molar-refractivity contribution in [1.82, 2.24) is 10.6 Å². The highest BCUT2D eigenvalue weighted by Gasteiger charge is 2.05. The fraction of sp³-hybridized carbons (Fsp3) is 0.381. The summed E-state index contributed by atoms with van der Waals surface area (Å²) in [4.78, 5) is 4.27. The van der Waals surface area contributed by atoms with Gasteiger partial charge in [0.05, 0.1) is 13.7 Å². The molecule has 0 saturated heterocycles. The Morgan fingerprint density at radius 1 is 0.963 bits per heavy atom. The summed E-state index contributed by atoms with van der Waals surface area (Å²) in [6, 6.07) is 14.2. The molecule has 0 radical (unpaired) electrons. The minimum absolute atomic E-state index is 0.549. The highest BCUT2D eigenvalue weighted by atomic mass is 16.5. The van der Waals surface area contributed by atoms with E-state index in [1.165, 1.54) is 5.56 Å². The van der Waals surface area contributed by atoms with Crippen molar-refractivity contribution in [1.29, 1.82) is 0 Å². The Morgan fingerprint density at radius 2 is 1.70 bits per heavy atom. The van der Waals surface area contributed by atoms with Crippen LogP contribution in [0.2, 0.25) is 0 Å². The molecule has 6 nitrogen and oxygen atoms in total. The first-order chi connectivity index (χ1) is 13.2. The molecule has 0 fully saturated rings. The van der Waals surface area contributed by atoms with Gasteiger partial charge < -0.3 is 24.8 Å². The van der Waals surface area contributed by atoms with Gasteiger partial charge in [-0.15, -0.1) is 0 Å². The summed E-state index contributed by atoms with van der Waals surface area (Å²) in [5, 5.41) is 6.63. The summed E-state index contributed by atoms with van der Waals surface area (Å²) >= 11 is 0. The normalized spacial score (nSPS) is 11.2.